The third-order valence-electron chi connectivity index (χ3n) is 3.85. The topological polar surface area (TPSA) is 60.9 Å². The zero-order valence-corrected chi connectivity index (χ0v) is 14.5. The summed E-state index contributed by atoms with van der Waals surface area (Å²) in [5.74, 6) is 0.613. The van der Waals surface area contributed by atoms with E-state index in [1.165, 1.54) is 17.0 Å². The average molecular weight is 319 g/mol. The minimum Gasteiger partial charge on any atom is -0.342 e. The SMILES string of the molecule is CC1CCCN(C(=O)CCN(CCN(C)C)S(C)(=O)=O)C1. The highest BCUT2D eigenvalue weighted by atomic mass is 32.2. The summed E-state index contributed by atoms with van der Waals surface area (Å²) in [6, 6.07) is 0. The molecule has 0 saturated carbocycles. The summed E-state index contributed by atoms with van der Waals surface area (Å²) in [4.78, 5) is 16.0. The third kappa shape index (κ3) is 6.76. The zero-order valence-electron chi connectivity index (χ0n) is 13.7. The number of likely N-dealkylation sites (tertiary alicyclic amines) is 1. The molecule has 6 nitrogen and oxygen atoms in total. The standard InChI is InChI=1S/C14H29N3O3S/c1-13-6-5-8-16(12-13)14(18)7-9-17(21(4,19)20)11-10-15(2)3/h13H,5-12H2,1-4H3. The van der Waals surface area contributed by atoms with E-state index in [0.717, 1.165) is 19.5 Å². The molecule has 1 fully saturated rings. The molecule has 0 aromatic rings. The van der Waals surface area contributed by atoms with E-state index in [4.69, 9.17) is 0 Å². The highest BCUT2D eigenvalue weighted by Gasteiger charge is 2.23. The van der Waals surface area contributed by atoms with Gasteiger partial charge in [-0.25, -0.2) is 12.7 Å². The largest absolute Gasteiger partial charge is 0.342 e. The highest BCUT2D eigenvalue weighted by molar-refractivity contribution is 7.88. The summed E-state index contributed by atoms with van der Waals surface area (Å²) >= 11 is 0. The molecule has 1 rings (SSSR count). The second-order valence-corrected chi connectivity index (χ2v) is 8.28. The van der Waals surface area contributed by atoms with Crippen LogP contribution in [0, 0.1) is 5.92 Å². The predicted octanol–water partition coefficient (Wildman–Crippen LogP) is 0.458. The molecule has 0 spiro atoms. The van der Waals surface area contributed by atoms with Gasteiger partial charge in [-0.1, -0.05) is 6.92 Å². The summed E-state index contributed by atoms with van der Waals surface area (Å²) < 4.78 is 24.9. The molecule has 1 unspecified atom stereocenters. The summed E-state index contributed by atoms with van der Waals surface area (Å²) in [7, 11) is 0.545. The lowest BCUT2D eigenvalue weighted by Crippen LogP contribution is -2.42. The maximum atomic E-state index is 12.2. The molecule has 0 aromatic heterocycles. The Morgan fingerprint density at radius 3 is 2.43 bits per heavy atom. The molecule has 21 heavy (non-hydrogen) atoms. The molecule has 1 atom stereocenters. The van der Waals surface area contributed by atoms with Gasteiger partial charge < -0.3 is 9.80 Å². The lowest BCUT2D eigenvalue weighted by Gasteiger charge is -2.31. The van der Waals surface area contributed by atoms with Gasteiger partial charge in [-0.15, -0.1) is 0 Å². The Bertz CT molecular complexity index is 437. The highest BCUT2D eigenvalue weighted by Crippen LogP contribution is 2.16. The van der Waals surface area contributed by atoms with Gasteiger partial charge in [0.05, 0.1) is 6.26 Å². The van der Waals surface area contributed by atoms with Crippen molar-refractivity contribution < 1.29 is 13.2 Å². The minimum absolute atomic E-state index is 0.0695. The fourth-order valence-corrected chi connectivity index (χ4v) is 3.39. The number of hydrogen-bond donors (Lipinski definition) is 0. The van der Waals surface area contributed by atoms with E-state index < -0.39 is 10.0 Å². The van der Waals surface area contributed by atoms with E-state index in [9.17, 15) is 13.2 Å². The van der Waals surface area contributed by atoms with Crippen LogP contribution < -0.4 is 0 Å². The van der Waals surface area contributed by atoms with Crippen molar-refractivity contribution in [2.45, 2.75) is 26.2 Å². The maximum absolute atomic E-state index is 12.2. The Hall–Kier alpha value is -0.660. The number of sulfonamides is 1. The molecule has 7 heteroatoms. The number of carbonyl (C=O) groups excluding carboxylic acids is 1. The lowest BCUT2D eigenvalue weighted by atomic mass is 10.00. The van der Waals surface area contributed by atoms with E-state index in [1.54, 1.807) is 0 Å². The molecule has 0 aromatic carbocycles. The smallest absolute Gasteiger partial charge is 0.223 e. The maximum Gasteiger partial charge on any atom is 0.223 e. The van der Waals surface area contributed by atoms with Crippen molar-refractivity contribution in [1.82, 2.24) is 14.1 Å². The van der Waals surface area contributed by atoms with Gasteiger partial charge >= 0.3 is 0 Å². The van der Waals surface area contributed by atoms with Crippen molar-refractivity contribution in [2.24, 2.45) is 5.92 Å². The molecular weight excluding hydrogens is 290 g/mol. The van der Waals surface area contributed by atoms with Crippen LogP contribution in [0.3, 0.4) is 0 Å². The van der Waals surface area contributed by atoms with E-state index in [0.29, 0.717) is 19.0 Å². The van der Waals surface area contributed by atoms with Gasteiger partial charge in [0.2, 0.25) is 15.9 Å². The number of nitrogens with zero attached hydrogens (tertiary/aromatic N) is 3. The fraction of sp³-hybridized carbons (Fsp3) is 0.929. The zero-order chi connectivity index (χ0) is 16.0. The molecule has 0 bridgehead atoms. The first-order valence-corrected chi connectivity index (χ1v) is 9.42. The van der Waals surface area contributed by atoms with Gasteiger partial charge in [0.1, 0.15) is 0 Å². The van der Waals surface area contributed by atoms with Gasteiger partial charge in [-0.2, -0.15) is 0 Å². The van der Waals surface area contributed by atoms with Crippen LogP contribution in [0.2, 0.25) is 0 Å². The first-order chi connectivity index (χ1) is 9.70. The van der Waals surface area contributed by atoms with Crippen LogP contribution in [0.1, 0.15) is 26.2 Å². The molecule has 1 saturated heterocycles. The second-order valence-electron chi connectivity index (χ2n) is 6.30. The Morgan fingerprint density at radius 1 is 1.24 bits per heavy atom. The third-order valence-corrected chi connectivity index (χ3v) is 5.15. The molecule has 1 amide bonds. The van der Waals surface area contributed by atoms with Crippen LogP contribution in [0.25, 0.3) is 0 Å². The Balaban J connectivity index is 2.50. The van der Waals surface area contributed by atoms with Crippen molar-refractivity contribution in [3.63, 3.8) is 0 Å². The number of piperidine rings is 1. The number of amides is 1. The summed E-state index contributed by atoms with van der Waals surface area (Å²) in [5, 5.41) is 0. The van der Waals surface area contributed by atoms with Crippen LogP contribution in [0.4, 0.5) is 0 Å². The molecule has 0 aliphatic carbocycles. The van der Waals surface area contributed by atoms with Gasteiger partial charge in [0, 0.05) is 39.1 Å². The number of carbonyl (C=O) groups is 1. The van der Waals surface area contributed by atoms with Crippen molar-refractivity contribution >= 4 is 15.9 Å². The van der Waals surface area contributed by atoms with E-state index in [-0.39, 0.29) is 18.9 Å². The Labute approximate surface area is 129 Å². The number of rotatable bonds is 7. The van der Waals surface area contributed by atoms with Crippen molar-refractivity contribution in [2.75, 3.05) is 53.1 Å². The number of hydrogen-bond acceptors (Lipinski definition) is 4. The van der Waals surface area contributed by atoms with Gasteiger partial charge in [0.15, 0.2) is 0 Å². The summed E-state index contributed by atoms with van der Waals surface area (Å²) in [6.45, 7) is 5.11. The van der Waals surface area contributed by atoms with Crippen molar-refractivity contribution in [3.05, 3.63) is 0 Å². The van der Waals surface area contributed by atoms with Gasteiger partial charge in [-0.3, -0.25) is 4.79 Å². The average Bonchev–Trinajstić information content (AvgIpc) is 2.36. The predicted molar refractivity (Wildman–Crippen MR) is 84.6 cm³/mol. The molecule has 1 aliphatic rings. The Morgan fingerprint density at radius 2 is 1.90 bits per heavy atom. The van der Waals surface area contributed by atoms with Crippen molar-refractivity contribution in [1.29, 1.82) is 0 Å². The van der Waals surface area contributed by atoms with Gasteiger partial charge in [0.25, 0.3) is 0 Å². The van der Waals surface area contributed by atoms with E-state index >= 15 is 0 Å². The minimum atomic E-state index is -3.26. The second kappa shape index (κ2) is 8.10. The Kier molecular flexibility index (Phi) is 7.09. The lowest BCUT2D eigenvalue weighted by molar-refractivity contribution is -0.133. The van der Waals surface area contributed by atoms with Gasteiger partial charge in [-0.05, 0) is 32.9 Å². The fourth-order valence-electron chi connectivity index (χ4n) is 2.55. The van der Waals surface area contributed by atoms with Crippen LogP contribution in [0.5, 0.6) is 0 Å². The van der Waals surface area contributed by atoms with Crippen LogP contribution in [-0.2, 0) is 14.8 Å². The quantitative estimate of drug-likeness (QED) is 0.684. The summed E-state index contributed by atoms with van der Waals surface area (Å²) in [5.41, 5.74) is 0. The van der Waals surface area contributed by atoms with E-state index in [2.05, 4.69) is 6.92 Å². The van der Waals surface area contributed by atoms with Crippen LogP contribution >= 0.6 is 0 Å². The van der Waals surface area contributed by atoms with Crippen LogP contribution in [-0.4, -0.2) is 81.5 Å². The molecule has 0 radical (unpaired) electrons. The van der Waals surface area contributed by atoms with E-state index in [1.807, 2.05) is 23.9 Å². The number of likely N-dealkylation sites (N-methyl/N-ethyl adjacent to an activating group) is 1. The molecule has 124 valence electrons. The normalized spacial score (nSPS) is 20.3. The van der Waals surface area contributed by atoms with Crippen LogP contribution in [0.15, 0.2) is 0 Å². The molecule has 0 N–H and O–H groups in total. The monoisotopic (exact) mass is 319 g/mol. The molecule has 1 aliphatic heterocycles. The molecular formula is C14H29N3O3S. The summed E-state index contributed by atoms with van der Waals surface area (Å²) in [6.07, 6.45) is 3.69. The molecule has 1 heterocycles. The first-order valence-electron chi connectivity index (χ1n) is 7.57. The first kappa shape index (κ1) is 18.4. The van der Waals surface area contributed by atoms with Crippen molar-refractivity contribution in [3.8, 4) is 0 Å².